The summed E-state index contributed by atoms with van der Waals surface area (Å²) in [6.45, 7) is 9.75. The van der Waals surface area contributed by atoms with Crippen molar-refractivity contribution in [3.8, 4) is 5.75 Å². The number of hydrogen-bond acceptors (Lipinski definition) is 5. The van der Waals surface area contributed by atoms with E-state index in [2.05, 4.69) is 31.4 Å². The Labute approximate surface area is 160 Å². The van der Waals surface area contributed by atoms with Crippen molar-refractivity contribution >= 4 is 17.9 Å². The molecule has 0 saturated carbocycles. The molecule has 0 fully saturated rings. The molecule has 150 valence electrons. The third-order valence-electron chi connectivity index (χ3n) is 3.90. The monoisotopic (exact) mass is 378 g/mol. The second-order valence-electron chi connectivity index (χ2n) is 7.36. The van der Waals surface area contributed by atoms with E-state index >= 15 is 0 Å². The molecule has 1 aromatic rings. The molecule has 0 aromatic heterocycles. The number of rotatable bonds is 8. The van der Waals surface area contributed by atoms with Gasteiger partial charge in [-0.15, -0.1) is 0 Å². The summed E-state index contributed by atoms with van der Waals surface area (Å²) < 4.78 is 10.3. The standard InChI is InChI=1S/C20H30N2O5/c1-6-14(2)21-19(25)22-17(23)13-27-18(24)11-12-26-16-9-7-15(8-10-16)20(3,4)5/h7-10,14H,6,11-13H2,1-5H3,(H2,21,22,23,25)/t14-/m1/s1. The Hall–Kier alpha value is -2.57. The van der Waals surface area contributed by atoms with E-state index in [-0.39, 0.29) is 24.5 Å². The van der Waals surface area contributed by atoms with Gasteiger partial charge in [-0.2, -0.15) is 0 Å². The van der Waals surface area contributed by atoms with Gasteiger partial charge in [0.1, 0.15) is 5.75 Å². The number of urea groups is 1. The fraction of sp³-hybridized carbons (Fsp3) is 0.550. The Morgan fingerprint density at radius 3 is 2.30 bits per heavy atom. The van der Waals surface area contributed by atoms with Crippen molar-refractivity contribution in [2.75, 3.05) is 13.2 Å². The van der Waals surface area contributed by atoms with Crippen molar-refractivity contribution in [1.29, 1.82) is 0 Å². The zero-order valence-electron chi connectivity index (χ0n) is 16.8. The number of hydrogen-bond donors (Lipinski definition) is 2. The fourth-order valence-electron chi connectivity index (χ4n) is 2.05. The third-order valence-corrected chi connectivity index (χ3v) is 3.90. The highest BCUT2D eigenvalue weighted by Gasteiger charge is 2.14. The number of benzene rings is 1. The van der Waals surface area contributed by atoms with E-state index in [4.69, 9.17) is 9.47 Å². The van der Waals surface area contributed by atoms with Gasteiger partial charge in [0.15, 0.2) is 6.61 Å². The van der Waals surface area contributed by atoms with Crippen LogP contribution < -0.4 is 15.4 Å². The zero-order valence-corrected chi connectivity index (χ0v) is 16.8. The molecule has 27 heavy (non-hydrogen) atoms. The molecule has 3 amide bonds. The SMILES string of the molecule is CC[C@@H](C)NC(=O)NC(=O)COC(=O)CCOc1ccc(C(C)(C)C)cc1. The van der Waals surface area contributed by atoms with E-state index in [0.29, 0.717) is 5.75 Å². The van der Waals surface area contributed by atoms with Crippen LogP contribution >= 0.6 is 0 Å². The van der Waals surface area contributed by atoms with E-state index in [0.717, 1.165) is 6.42 Å². The maximum Gasteiger partial charge on any atom is 0.321 e. The second kappa shape index (κ2) is 10.5. The van der Waals surface area contributed by atoms with Crippen molar-refractivity contribution in [2.24, 2.45) is 0 Å². The number of esters is 1. The van der Waals surface area contributed by atoms with Gasteiger partial charge in [-0.25, -0.2) is 4.79 Å². The lowest BCUT2D eigenvalue weighted by Gasteiger charge is -2.19. The first-order valence-electron chi connectivity index (χ1n) is 9.11. The molecule has 0 bridgehead atoms. The van der Waals surface area contributed by atoms with Crippen LogP contribution in [-0.4, -0.2) is 37.2 Å². The third kappa shape index (κ3) is 9.08. The second-order valence-corrected chi connectivity index (χ2v) is 7.36. The van der Waals surface area contributed by atoms with Crippen LogP contribution in [0.15, 0.2) is 24.3 Å². The summed E-state index contributed by atoms with van der Waals surface area (Å²) in [5.74, 6) is -0.586. The molecular formula is C20H30N2O5. The number of carbonyl (C=O) groups excluding carboxylic acids is 3. The first kappa shape index (κ1) is 22.5. The van der Waals surface area contributed by atoms with Crippen LogP contribution in [0.1, 0.15) is 53.0 Å². The predicted octanol–water partition coefficient (Wildman–Crippen LogP) is 2.92. The van der Waals surface area contributed by atoms with Crippen LogP contribution in [0.25, 0.3) is 0 Å². The Morgan fingerprint density at radius 1 is 1.11 bits per heavy atom. The maximum absolute atomic E-state index is 11.7. The summed E-state index contributed by atoms with van der Waals surface area (Å²) in [6.07, 6.45) is 0.753. The molecule has 7 heteroatoms. The van der Waals surface area contributed by atoms with Crippen molar-refractivity contribution in [3.05, 3.63) is 29.8 Å². The summed E-state index contributed by atoms with van der Waals surface area (Å²) in [5, 5.41) is 4.68. The normalized spacial score (nSPS) is 12.0. The van der Waals surface area contributed by atoms with E-state index in [1.54, 1.807) is 0 Å². The van der Waals surface area contributed by atoms with Gasteiger partial charge in [-0.05, 0) is 36.5 Å². The highest BCUT2D eigenvalue weighted by Crippen LogP contribution is 2.24. The largest absolute Gasteiger partial charge is 0.493 e. The molecule has 0 heterocycles. The summed E-state index contributed by atoms with van der Waals surface area (Å²) in [6, 6.07) is 7.04. The van der Waals surface area contributed by atoms with Crippen LogP contribution in [0.2, 0.25) is 0 Å². The van der Waals surface area contributed by atoms with Gasteiger partial charge < -0.3 is 14.8 Å². The molecule has 0 aliphatic carbocycles. The average molecular weight is 378 g/mol. The quantitative estimate of drug-likeness (QED) is 0.679. The van der Waals surface area contributed by atoms with Crippen molar-refractivity contribution in [2.45, 2.75) is 58.9 Å². The first-order valence-corrected chi connectivity index (χ1v) is 9.11. The van der Waals surface area contributed by atoms with Crippen LogP contribution in [0.5, 0.6) is 5.75 Å². The van der Waals surface area contributed by atoms with E-state index in [1.165, 1.54) is 5.56 Å². The first-order chi connectivity index (χ1) is 12.6. The van der Waals surface area contributed by atoms with Gasteiger partial charge in [0.25, 0.3) is 5.91 Å². The summed E-state index contributed by atoms with van der Waals surface area (Å²) in [5.41, 5.74) is 1.26. The molecule has 2 N–H and O–H groups in total. The van der Waals surface area contributed by atoms with Gasteiger partial charge in [0, 0.05) is 6.04 Å². The lowest BCUT2D eigenvalue weighted by molar-refractivity contribution is -0.148. The van der Waals surface area contributed by atoms with Crippen LogP contribution in [0, 0.1) is 0 Å². The molecule has 7 nitrogen and oxygen atoms in total. The molecule has 1 rings (SSSR count). The number of imide groups is 1. The van der Waals surface area contributed by atoms with Gasteiger partial charge >= 0.3 is 12.0 Å². The minimum Gasteiger partial charge on any atom is -0.493 e. The minimum absolute atomic E-state index is 0.00731. The highest BCUT2D eigenvalue weighted by molar-refractivity contribution is 5.95. The lowest BCUT2D eigenvalue weighted by Crippen LogP contribution is -2.44. The molecular weight excluding hydrogens is 348 g/mol. The van der Waals surface area contributed by atoms with Gasteiger partial charge in [-0.3, -0.25) is 14.9 Å². The maximum atomic E-state index is 11.7. The summed E-state index contributed by atoms with van der Waals surface area (Å²) in [4.78, 5) is 34.7. The molecule has 0 radical (unpaired) electrons. The highest BCUT2D eigenvalue weighted by atomic mass is 16.5. The minimum atomic E-state index is -0.678. The van der Waals surface area contributed by atoms with Crippen LogP contribution in [-0.2, 0) is 19.7 Å². The van der Waals surface area contributed by atoms with Crippen LogP contribution in [0.4, 0.5) is 4.79 Å². The molecule has 0 aliphatic heterocycles. The summed E-state index contributed by atoms with van der Waals surface area (Å²) in [7, 11) is 0. The zero-order chi connectivity index (χ0) is 20.4. The van der Waals surface area contributed by atoms with Gasteiger partial charge in [-0.1, -0.05) is 39.8 Å². The van der Waals surface area contributed by atoms with E-state index in [9.17, 15) is 14.4 Å². The van der Waals surface area contributed by atoms with Crippen LogP contribution in [0.3, 0.4) is 0 Å². The molecule has 0 saturated heterocycles. The Kier molecular flexibility index (Phi) is 8.78. The van der Waals surface area contributed by atoms with Gasteiger partial charge in [0.05, 0.1) is 13.0 Å². The number of ether oxygens (including phenoxy) is 2. The summed E-state index contributed by atoms with van der Waals surface area (Å²) >= 11 is 0. The van der Waals surface area contributed by atoms with Crippen molar-refractivity contribution in [1.82, 2.24) is 10.6 Å². The molecule has 1 aromatic carbocycles. The van der Waals surface area contributed by atoms with Gasteiger partial charge in [0.2, 0.25) is 0 Å². The topological polar surface area (TPSA) is 93.7 Å². The molecule has 1 atom stereocenters. The molecule has 0 unspecified atom stereocenters. The predicted molar refractivity (Wildman–Crippen MR) is 103 cm³/mol. The molecule has 0 spiro atoms. The smallest absolute Gasteiger partial charge is 0.321 e. The van der Waals surface area contributed by atoms with Crippen molar-refractivity contribution < 1.29 is 23.9 Å². The molecule has 0 aliphatic rings. The lowest BCUT2D eigenvalue weighted by atomic mass is 9.87. The number of carbonyl (C=O) groups is 3. The number of nitrogens with one attached hydrogen (secondary N) is 2. The Morgan fingerprint density at radius 2 is 1.74 bits per heavy atom. The van der Waals surface area contributed by atoms with E-state index in [1.807, 2.05) is 38.1 Å². The van der Waals surface area contributed by atoms with Crippen molar-refractivity contribution in [3.63, 3.8) is 0 Å². The Balaban J connectivity index is 2.25. The van der Waals surface area contributed by atoms with E-state index < -0.39 is 24.5 Å². The number of amides is 3. The Bertz CT molecular complexity index is 635. The fourth-order valence-corrected chi connectivity index (χ4v) is 2.05. The average Bonchev–Trinajstić information content (AvgIpc) is 2.59.